The van der Waals surface area contributed by atoms with Gasteiger partial charge in [0.15, 0.2) is 15.5 Å². The summed E-state index contributed by atoms with van der Waals surface area (Å²) in [5, 5.41) is 8.57. The molecular weight excluding hydrogens is 524 g/mol. The summed E-state index contributed by atoms with van der Waals surface area (Å²) in [6, 6.07) is 13.8. The summed E-state index contributed by atoms with van der Waals surface area (Å²) in [6.07, 6.45) is 2.92. The monoisotopic (exact) mass is 546 g/mol. The van der Waals surface area contributed by atoms with Crippen LogP contribution in [0, 0.1) is 0 Å². The van der Waals surface area contributed by atoms with Crippen LogP contribution < -0.4 is 0 Å². The Hall–Kier alpha value is -3.15. The van der Waals surface area contributed by atoms with Crippen molar-refractivity contribution in [3.63, 3.8) is 0 Å². The third kappa shape index (κ3) is 5.18. The molecule has 0 unspecified atom stereocenters. The average molecular weight is 547 g/mol. The van der Waals surface area contributed by atoms with E-state index in [1.807, 2.05) is 38.1 Å². The number of hydrogen-bond donors (Lipinski definition) is 0. The summed E-state index contributed by atoms with van der Waals surface area (Å²) in [6.45, 7) is 4.08. The second-order valence-corrected chi connectivity index (χ2v) is 11.4. The Labute approximate surface area is 217 Å². The van der Waals surface area contributed by atoms with Crippen LogP contribution in [0.1, 0.15) is 35.8 Å². The molecule has 0 saturated heterocycles. The topological polar surface area (TPSA) is 117 Å². The van der Waals surface area contributed by atoms with Crippen LogP contribution in [-0.4, -0.2) is 52.8 Å². The van der Waals surface area contributed by atoms with Crippen LogP contribution in [0.3, 0.4) is 0 Å². The third-order valence-corrected chi connectivity index (χ3v) is 7.08. The van der Waals surface area contributed by atoms with E-state index in [2.05, 4.69) is 15.2 Å². The highest BCUT2D eigenvalue weighted by Crippen LogP contribution is 2.35. The van der Waals surface area contributed by atoms with Crippen molar-refractivity contribution in [2.45, 2.75) is 24.7 Å². The molecule has 0 aliphatic heterocycles. The van der Waals surface area contributed by atoms with Crippen LogP contribution in [-0.2, 0) is 14.6 Å². The minimum absolute atomic E-state index is 0.0110. The van der Waals surface area contributed by atoms with E-state index in [4.69, 9.17) is 20.9 Å². The van der Waals surface area contributed by atoms with E-state index in [0.29, 0.717) is 11.3 Å². The molecule has 2 aromatic heterocycles. The first-order chi connectivity index (χ1) is 17.1. The molecule has 0 N–H and O–H groups in total. The normalized spacial score (nSPS) is 11.7. The molecular formula is C24H23ClN4O5S2. The molecule has 0 spiro atoms. The molecule has 0 fully saturated rings. The second kappa shape index (κ2) is 10.5. The molecule has 0 atom stereocenters. The van der Waals surface area contributed by atoms with E-state index in [-0.39, 0.29) is 44.9 Å². The molecule has 0 bridgehead atoms. The zero-order chi connectivity index (χ0) is 26.0. The first kappa shape index (κ1) is 25.9. The van der Waals surface area contributed by atoms with Gasteiger partial charge in [0.1, 0.15) is 16.7 Å². The summed E-state index contributed by atoms with van der Waals surface area (Å²) >= 11 is 8.01. The van der Waals surface area contributed by atoms with Gasteiger partial charge in [-0.2, -0.15) is 10.1 Å². The van der Waals surface area contributed by atoms with Crippen molar-refractivity contribution in [2.75, 3.05) is 18.5 Å². The number of aromatic nitrogens is 4. The van der Waals surface area contributed by atoms with Gasteiger partial charge in [-0.3, -0.25) is 0 Å². The SMILES string of the molecule is CSCOC(=O)c1nn(-c2ccccc2C(C)C)c(-c2noc(-c3cccc(S(C)(=O)=O)c3)n2)c1Cl. The first-order valence-corrected chi connectivity index (χ1v) is 14.5. The maximum atomic E-state index is 12.7. The van der Waals surface area contributed by atoms with Gasteiger partial charge < -0.3 is 9.26 Å². The van der Waals surface area contributed by atoms with Gasteiger partial charge in [0.05, 0.1) is 10.6 Å². The van der Waals surface area contributed by atoms with Crippen LogP contribution in [0.4, 0.5) is 0 Å². The molecule has 0 aliphatic carbocycles. The Morgan fingerprint density at radius 3 is 2.64 bits per heavy atom. The lowest BCUT2D eigenvalue weighted by molar-refractivity contribution is 0.0572. The van der Waals surface area contributed by atoms with Crippen LogP contribution in [0.25, 0.3) is 28.7 Å². The third-order valence-electron chi connectivity index (χ3n) is 5.26. The maximum Gasteiger partial charge on any atom is 0.361 e. The number of ether oxygens (including phenoxy) is 1. The number of hydrogen-bond acceptors (Lipinski definition) is 9. The summed E-state index contributed by atoms with van der Waals surface area (Å²) in [5.41, 5.74) is 2.24. The lowest BCUT2D eigenvalue weighted by Gasteiger charge is -2.13. The Balaban J connectivity index is 1.88. The van der Waals surface area contributed by atoms with Crippen molar-refractivity contribution in [2.24, 2.45) is 0 Å². The average Bonchev–Trinajstić information content (AvgIpc) is 3.46. The van der Waals surface area contributed by atoms with Gasteiger partial charge in [-0.05, 0) is 42.0 Å². The van der Waals surface area contributed by atoms with Crippen molar-refractivity contribution < 1.29 is 22.5 Å². The zero-order valence-corrected chi connectivity index (χ0v) is 22.3. The van der Waals surface area contributed by atoms with Crippen molar-refractivity contribution in [1.82, 2.24) is 19.9 Å². The van der Waals surface area contributed by atoms with Gasteiger partial charge in [0.25, 0.3) is 5.89 Å². The molecule has 0 aliphatic rings. The minimum Gasteiger partial charge on any atom is -0.450 e. The predicted molar refractivity (Wildman–Crippen MR) is 138 cm³/mol. The molecule has 0 amide bonds. The van der Waals surface area contributed by atoms with E-state index in [1.54, 1.807) is 18.4 Å². The summed E-state index contributed by atoms with van der Waals surface area (Å²) < 4.78 is 36.2. The largest absolute Gasteiger partial charge is 0.450 e. The van der Waals surface area contributed by atoms with Gasteiger partial charge in [-0.1, -0.05) is 54.9 Å². The number of sulfone groups is 1. The highest BCUT2D eigenvalue weighted by atomic mass is 35.5. The lowest BCUT2D eigenvalue weighted by atomic mass is 10.0. The van der Waals surface area contributed by atoms with Crippen LogP contribution in [0.15, 0.2) is 57.9 Å². The van der Waals surface area contributed by atoms with Gasteiger partial charge in [0.2, 0.25) is 5.82 Å². The highest BCUT2D eigenvalue weighted by molar-refractivity contribution is 7.98. The van der Waals surface area contributed by atoms with E-state index < -0.39 is 15.8 Å². The number of para-hydroxylation sites is 1. The first-order valence-electron chi connectivity index (χ1n) is 10.8. The number of benzene rings is 2. The standard InChI is InChI=1S/C24H23ClN4O5S2/c1-14(2)17-10-5-6-11-18(17)29-21(19(25)20(27-29)24(30)33-13-35-3)22-26-23(34-28-22)15-8-7-9-16(12-15)36(4,31)32/h5-12,14H,13H2,1-4H3. The molecule has 36 heavy (non-hydrogen) atoms. The van der Waals surface area contributed by atoms with Gasteiger partial charge in [-0.25, -0.2) is 17.9 Å². The van der Waals surface area contributed by atoms with E-state index >= 15 is 0 Å². The molecule has 9 nitrogen and oxygen atoms in total. The molecule has 4 aromatic rings. The highest BCUT2D eigenvalue weighted by Gasteiger charge is 2.29. The maximum absolute atomic E-state index is 12.7. The summed E-state index contributed by atoms with van der Waals surface area (Å²) in [4.78, 5) is 17.3. The van der Waals surface area contributed by atoms with Gasteiger partial charge >= 0.3 is 5.97 Å². The number of nitrogens with zero attached hydrogens (tertiary/aromatic N) is 4. The lowest BCUT2D eigenvalue weighted by Crippen LogP contribution is -2.08. The molecule has 12 heteroatoms. The van der Waals surface area contributed by atoms with E-state index in [1.165, 1.54) is 28.6 Å². The zero-order valence-electron chi connectivity index (χ0n) is 19.9. The van der Waals surface area contributed by atoms with Crippen molar-refractivity contribution in [3.8, 4) is 28.7 Å². The van der Waals surface area contributed by atoms with Crippen LogP contribution in [0.5, 0.6) is 0 Å². The fourth-order valence-electron chi connectivity index (χ4n) is 3.54. The van der Waals surface area contributed by atoms with Gasteiger partial charge in [0, 0.05) is 11.8 Å². The number of rotatable bonds is 8. The second-order valence-electron chi connectivity index (χ2n) is 8.20. The van der Waals surface area contributed by atoms with E-state index in [9.17, 15) is 13.2 Å². The van der Waals surface area contributed by atoms with Crippen molar-refractivity contribution in [3.05, 3.63) is 64.8 Å². The smallest absolute Gasteiger partial charge is 0.361 e. The fourth-order valence-corrected chi connectivity index (χ4v) is 4.71. The Kier molecular flexibility index (Phi) is 7.53. The Bertz CT molecular complexity index is 1530. The number of carbonyl (C=O) groups excluding carboxylic acids is 1. The van der Waals surface area contributed by atoms with Crippen molar-refractivity contribution >= 4 is 39.2 Å². The number of thioether (sulfide) groups is 1. The molecule has 0 saturated carbocycles. The predicted octanol–water partition coefficient (Wildman–Crippen LogP) is 5.25. The van der Waals surface area contributed by atoms with Crippen LogP contribution >= 0.6 is 23.4 Å². The number of carbonyl (C=O) groups is 1. The quantitative estimate of drug-likeness (QED) is 0.216. The molecule has 4 rings (SSSR count). The Morgan fingerprint density at radius 2 is 1.94 bits per heavy atom. The fraction of sp³-hybridized carbons (Fsp3) is 0.250. The molecule has 2 aromatic carbocycles. The minimum atomic E-state index is -3.43. The molecule has 188 valence electrons. The van der Waals surface area contributed by atoms with Crippen molar-refractivity contribution in [1.29, 1.82) is 0 Å². The van der Waals surface area contributed by atoms with E-state index in [0.717, 1.165) is 11.8 Å². The molecule has 2 heterocycles. The Morgan fingerprint density at radius 1 is 1.19 bits per heavy atom. The van der Waals surface area contributed by atoms with Crippen LogP contribution in [0.2, 0.25) is 5.02 Å². The molecule has 0 radical (unpaired) electrons. The summed E-state index contributed by atoms with van der Waals surface area (Å²) in [5.74, 6) is -0.231. The number of halogens is 1. The number of esters is 1. The van der Waals surface area contributed by atoms with Gasteiger partial charge in [-0.15, -0.1) is 11.8 Å². The summed E-state index contributed by atoms with van der Waals surface area (Å²) in [7, 11) is -3.43.